The van der Waals surface area contributed by atoms with Gasteiger partial charge in [0.15, 0.2) is 0 Å². The van der Waals surface area contributed by atoms with Crippen molar-refractivity contribution in [3.63, 3.8) is 0 Å². The lowest BCUT2D eigenvalue weighted by Gasteiger charge is -2.35. The SMILES string of the molecule is Cn1c(Cc2c(Cl)ccc(CNC(=O)C(C)(C)C(F)(F)F)c2Cl)nc2cc(C(=O)Nc3ccc(OC(F)(F)F)cc3)c(N3CCC(C(F)(F)F)CC3)cc21. The Balaban J connectivity index is 1.47. The smallest absolute Gasteiger partial charge is 0.406 e. The Labute approximate surface area is 312 Å². The predicted octanol–water partition coefficient (Wildman–Crippen LogP) is 9.61. The Hall–Kier alpha value is -4.38. The van der Waals surface area contributed by atoms with E-state index in [4.69, 9.17) is 23.2 Å². The van der Waals surface area contributed by atoms with Crippen molar-refractivity contribution in [3.05, 3.63) is 81.1 Å². The van der Waals surface area contributed by atoms with E-state index in [2.05, 4.69) is 20.4 Å². The molecule has 1 aliphatic rings. The summed E-state index contributed by atoms with van der Waals surface area (Å²) in [5, 5.41) is 5.12. The van der Waals surface area contributed by atoms with Gasteiger partial charge in [0.1, 0.15) is 17.0 Å². The lowest BCUT2D eigenvalue weighted by Crippen LogP contribution is -2.46. The highest BCUT2D eigenvalue weighted by Gasteiger charge is 2.52. The summed E-state index contributed by atoms with van der Waals surface area (Å²) in [5.41, 5.74) is -0.835. The molecule has 1 fully saturated rings. The van der Waals surface area contributed by atoms with Gasteiger partial charge < -0.3 is 24.8 Å². The maximum absolute atomic E-state index is 13.7. The summed E-state index contributed by atoms with van der Waals surface area (Å²) in [6.45, 7) is 1.11. The number of aromatic nitrogens is 2. The van der Waals surface area contributed by atoms with E-state index in [0.717, 1.165) is 26.0 Å². The van der Waals surface area contributed by atoms with Gasteiger partial charge >= 0.3 is 18.7 Å². The molecule has 0 unspecified atom stereocenters. The third kappa shape index (κ3) is 8.94. The van der Waals surface area contributed by atoms with Gasteiger partial charge in [0, 0.05) is 43.8 Å². The van der Waals surface area contributed by atoms with Crippen LogP contribution in [0, 0.1) is 11.3 Å². The largest absolute Gasteiger partial charge is 0.573 e. The molecular formula is C35H32Cl2F9N5O3. The van der Waals surface area contributed by atoms with Crippen molar-refractivity contribution in [2.24, 2.45) is 18.4 Å². The molecule has 0 bridgehead atoms. The second kappa shape index (κ2) is 15.0. The second-order valence-corrected chi connectivity index (χ2v) is 14.0. The number of carbonyl (C=O) groups is 2. The van der Waals surface area contributed by atoms with Crippen molar-refractivity contribution < 1.29 is 53.8 Å². The van der Waals surface area contributed by atoms with E-state index < -0.39 is 47.6 Å². The molecule has 1 aromatic heterocycles. The van der Waals surface area contributed by atoms with Crippen LogP contribution in [0.2, 0.25) is 10.0 Å². The number of hydrogen-bond donors (Lipinski definition) is 2. The zero-order chi connectivity index (χ0) is 40.0. The maximum atomic E-state index is 13.7. The van der Waals surface area contributed by atoms with Gasteiger partial charge in [-0.05, 0) is 80.3 Å². The number of carbonyl (C=O) groups excluding carboxylic acids is 2. The molecule has 2 amide bonds. The highest BCUT2D eigenvalue weighted by Crippen LogP contribution is 2.40. The quantitative estimate of drug-likeness (QED) is 0.165. The summed E-state index contributed by atoms with van der Waals surface area (Å²) in [5.74, 6) is -3.64. The van der Waals surface area contributed by atoms with Gasteiger partial charge in [0.05, 0.1) is 33.2 Å². The number of nitrogens with zero attached hydrogens (tertiary/aromatic N) is 3. The van der Waals surface area contributed by atoms with Crippen LogP contribution >= 0.6 is 23.2 Å². The minimum atomic E-state index is -4.93. The van der Waals surface area contributed by atoms with Crippen LogP contribution in [-0.2, 0) is 24.8 Å². The Bertz CT molecular complexity index is 2040. The summed E-state index contributed by atoms with van der Waals surface area (Å²) in [7, 11) is 1.65. The van der Waals surface area contributed by atoms with Crippen LogP contribution < -0.4 is 20.3 Å². The number of amides is 2. The van der Waals surface area contributed by atoms with Crippen molar-refractivity contribution >= 4 is 57.4 Å². The molecule has 0 radical (unpaired) electrons. The summed E-state index contributed by atoms with van der Waals surface area (Å²) in [4.78, 5) is 32.4. The number of benzene rings is 3. The molecule has 5 rings (SSSR count). The fourth-order valence-electron chi connectivity index (χ4n) is 5.89. The van der Waals surface area contributed by atoms with Gasteiger partial charge in [-0.3, -0.25) is 9.59 Å². The molecule has 0 atom stereocenters. The lowest BCUT2D eigenvalue weighted by molar-refractivity contribution is -0.274. The monoisotopic (exact) mass is 811 g/mol. The van der Waals surface area contributed by atoms with E-state index in [1.54, 1.807) is 22.6 Å². The summed E-state index contributed by atoms with van der Waals surface area (Å²) in [6, 6.07) is 10.4. The highest BCUT2D eigenvalue weighted by molar-refractivity contribution is 6.36. The van der Waals surface area contributed by atoms with Crippen LogP contribution in [0.25, 0.3) is 11.0 Å². The maximum Gasteiger partial charge on any atom is 0.573 e. The number of piperidine rings is 1. The molecule has 0 saturated carbocycles. The molecule has 2 N–H and O–H groups in total. The average molecular weight is 813 g/mol. The minimum absolute atomic E-state index is 0.0150. The van der Waals surface area contributed by atoms with E-state index in [-0.39, 0.29) is 65.8 Å². The molecule has 1 aliphatic heterocycles. The first-order valence-corrected chi connectivity index (χ1v) is 17.0. The number of hydrogen-bond acceptors (Lipinski definition) is 5. The van der Waals surface area contributed by atoms with Crippen molar-refractivity contribution in [1.29, 1.82) is 0 Å². The number of fused-ring (bicyclic) bond motifs is 1. The minimum Gasteiger partial charge on any atom is -0.406 e. The number of halogens is 11. The van der Waals surface area contributed by atoms with E-state index >= 15 is 0 Å². The highest BCUT2D eigenvalue weighted by atomic mass is 35.5. The van der Waals surface area contributed by atoms with Gasteiger partial charge in [0.2, 0.25) is 5.91 Å². The summed E-state index contributed by atoms with van der Waals surface area (Å²) < 4.78 is 124. The molecule has 0 aliphatic carbocycles. The lowest BCUT2D eigenvalue weighted by atomic mass is 9.91. The molecule has 2 heterocycles. The van der Waals surface area contributed by atoms with Gasteiger partial charge in [-0.1, -0.05) is 29.3 Å². The topological polar surface area (TPSA) is 88.5 Å². The number of alkyl halides is 9. The van der Waals surface area contributed by atoms with Crippen LogP contribution in [0.3, 0.4) is 0 Å². The number of nitrogens with one attached hydrogen (secondary N) is 2. The van der Waals surface area contributed by atoms with Crippen LogP contribution in [-0.4, -0.2) is 53.2 Å². The Morgan fingerprint density at radius 3 is 2.13 bits per heavy atom. The van der Waals surface area contributed by atoms with Gasteiger partial charge in [-0.25, -0.2) is 4.98 Å². The third-order valence-corrected chi connectivity index (χ3v) is 10.1. The fraction of sp³-hybridized carbons (Fsp3) is 0.400. The number of imidazole rings is 1. The van der Waals surface area contributed by atoms with Crippen LogP contribution in [0.4, 0.5) is 50.9 Å². The third-order valence-electron chi connectivity index (χ3n) is 9.30. The van der Waals surface area contributed by atoms with Crippen molar-refractivity contribution in [2.45, 2.75) is 58.4 Å². The Morgan fingerprint density at radius 2 is 1.56 bits per heavy atom. The Kier molecular flexibility index (Phi) is 11.4. The zero-order valence-electron chi connectivity index (χ0n) is 28.7. The second-order valence-electron chi connectivity index (χ2n) is 13.3. The summed E-state index contributed by atoms with van der Waals surface area (Å²) >= 11 is 13.2. The molecule has 8 nitrogen and oxygen atoms in total. The molecule has 0 spiro atoms. The van der Waals surface area contributed by atoms with Gasteiger partial charge in [-0.15, -0.1) is 13.2 Å². The number of anilines is 2. The van der Waals surface area contributed by atoms with Crippen LogP contribution in [0.15, 0.2) is 48.5 Å². The van der Waals surface area contributed by atoms with E-state index in [9.17, 15) is 49.1 Å². The van der Waals surface area contributed by atoms with Crippen molar-refractivity contribution in [2.75, 3.05) is 23.3 Å². The van der Waals surface area contributed by atoms with E-state index in [0.29, 0.717) is 28.1 Å². The van der Waals surface area contributed by atoms with Crippen molar-refractivity contribution in [1.82, 2.24) is 14.9 Å². The fourth-order valence-corrected chi connectivity index (χ4v) is 6.46. The van der Waals surface area contributed by atoms with Crippen LogP contribution in [0.1, 0.15) is 54.0 Å². The molecule has 1 saturated heterocycles. The van der Waals surface area contributed by atoms with E-state index in [1.165, 1.54) is 30.3 Å². The normalized spacial score (nSPS) is 14.7. The number of ether oxygens (including phenoxy) is 1. The molecule has 54 heavy (non-hydrogen) atoms. The van der Waals surface area contributed by atoms with Gasteiger partial charge in [-0.2, -0.15) is 26.3 Å². The number of rotatable bonds is 9. The number of aryl methyl sites for hydroxylation is 1. The molecule has 3 aromatic carbocycles. The molecule has 19 heteroatoms. The predicted molar refractivity (Wildman–Crippen MR) is 184 cm³/mol. The first-order valence-electron chi connectivity index (χ1n) is 16.2. The first kappa shape index (κ1) is 40.8. The molecule has 4 aromatic rings. The summed E-state index contributed by atoms with van der Waals surface area (Å²) in [6.07, 6.45) is -14.6. The zero-order valence-corrected chi connectivity index (χ0v) is 30.2. The molecule has 292 valence electrons. The Morgan fingerprint density at radius 1 is 0.926 bits per heavy atom. The van der Waals surface area contributed by atoms with Crippen LogP contribution in [0.5, 0.6) is 5.75 Å². The molecular weight excluding hydrogens is 780 g/mol. The van der Waals surface area contributed by atoms with Gasteiger partial charge in [0.25, 0.3) is 5.91 Å². The standard InChI is InChI=1S/C35H32Cl2F9N5O3/c1-32(2,34(41,42)43)31(53)47-17-18-4-9-24(36)22(29(18)37)15-28-49-25-14-23(30(52)48-20-5-7-21(8-6-20)54-35(44,45)46)26(16-27(25)50(28)3)51-12-10-19(11-13-51)33(38,39)40/h4-9,14,16,19H,10-13,15,17H2,1-3H3,(H,47,53)(H,48,52). The first-order chi connectivity index (χ1) is 25.0. The van der Waals surface area contributed by atoms with E-state index in [1.807, 2.05) is 0 Å². The average Bonchev–Trinajstić information content (AvgIpc) is 3.38. The van der Waals surface area contributed by atoms with Crippen molar-refractivity contribution in [3.8, 4) is 5.75 Å².